The number of rotatable bonds is 4. The minimum atomic E-state index is -0.253. The first-order chi connectivity index (χ1) is 13.6. The molecule has 0 saturated carbocycles. The lowest BCUT2D eigenvalue weighted by atomic mass is 10.1. The molecule has 0 aliphatic carbocycles. The molecule has 0 unspecified atom stereocenters. The zero-order valence-corrected chi connectivity index (χ0v) is 15.2. The quantitative estimate of drug-likeness (QED) is 0.565. The molecule has 6 nitrogen and oxygen atoms in total. The maximum Gasteiger partial charge on any atom is 0.256 e. The van der Waals surface area contributed by atoms with Crippen LogP contribution in [0.2, 0.25) is 0 Å². The molecule has 2 aromatic carbocycles. The van der Waals surface area contributed by atoms with Crippen LogP contribution in [0.3, 0.4) is 0 Å². The van der Waals surface area contributed by atoms with Crippen LogP contribution in [0.25, 0.3) is 16.9 Å². The van der Waals surface area contributed by atoms with Crippen molar-refractivity contribution in [2.75, 3.05) is 10.6 Å². The summed E-state index contributed by atoms with van der Waals surface area (Å²) in [4.78, 5) is 28.7. The Balaban J connectivity index is 1.69. The molecule has 0 spiro atoms. The van der Waals surface area contributed by atoms with Gasteiger partial charge in [-0.2, -0.15) is 0 Å². The first-order valence-corrected chi connectivity index (χ1v) is 8.83. The second-order valence-electron chi connectivity index (χ2n) is 6.32. The lowest BCUT2D eigenvalue weighted by molar-refractivity contribution is -0.114. The highest BCUT2D eigenvalue weighted by molar-refractivity contribution is 6.06. The van der Waals surface area contributed by atoms with Crippen LogP contribution in [-0.4, -0.2) is 21.2 Å². The maximum absolute atomic E-state index is 12.8. The van der Waals surface area contributed by atoms with Gasteiger partial charge >= 0.3 is 0 Å². The summed E-state index contributed by atoms with van der Waals surface area (Å²) in [5.41, 5.74) is 3.50. The summed E-state index contributed by atoms with van der Waals surface area (Å²) in [6, 6.07) is 22.2. The molecule has 2 aromatic heterocycles. The molecule has 2 N–H and O–H groups in total. The molecule has 0 aliphatic heterocycles. The van der Waals surface area contributed by atoms with Gasteiger partial charge in [0.2, 0.25) is 5.91 Å². The summed E-state index contributed by atoms with van der Waals surface area (Å²) in [5, 5.41) is 5.67. The highest BCUT2D eigenvalue weighted by Crippen LogP contribution is 2.29. The highest BCUT2D eigenvalue weighted by atomic mass is 16.2. The molecule has 4 rings (SSSR count). The molecular formula is C22H18N4O2. The van der Waals surface area contributed by atoms with Crippen LogP contribution in [0.5, 0.6) is 0 Å². The summed E-state index contributed by atoms with van der Waals surface area (Å²) >= 11 is 0. The molecule has 6 heteroatoms. The van der Waals surface area contributed by atoms with Gasteiger partial charge in [0.1, 0.15) is 17.2 Å². The lowest BCUT2D eigenvalue weighted by Gasteiger charge is -2.09. The predicted molar refractivity (Wildman–Crippen MR) is 109 cm³/mol. The van der Waals surface area contributed by atoms with Gasteiger partial charge in [-0.25, -0.2) is 4.98 Å². The number of carbonyl (C=O) groups is 2. The number of nitrogens with one attached hydrogen (secondary N) is 2. The fourth-order valence-corrected chi connectivity index (χ4v) is 3.00. The molecule has 138 valence electrons. The molecule has 0 bridgehead atoms. The third-order valence-electron chi connectivity index (χ3n) is 4.28. The molecule has 4 aromatic rings. The van der Waals surface area contributed by atoms with Crippen molar-refractivity contribution in [1.29, 1.82) is 0 Å². The molecule has 0 saturated heterocycles. The van der Waals surface area contributed by atoms with E-state index >= 15 is 0 Å². The molecular weight excluding hydrogens is 352 g/mol. The summed E-state index contributed by atoms with van der Waals surface area (Å²) in [6.45, 7) is 1.44. The fraction of sp³-hybridized carbons (Fsp3) is 0.0455. The number of amides is 2. The number of fused-ring (bicyclic) bond motifs is 1. The van der Waals surface area contributed by atoms with E-state index in [0.717, 1.165) is 11.2 Å². The Kier molecular flexibility index (Phi) is 4.60. The van der Waals surface area contributed by atoms with Gasteiger partial charge in [0.25, 0.3) is 5.91 Å². The first kappa shape index (κ1) is 17.5. The topological polar surface area (TPSA) is 75.5 Å². The normalized spacial score (nSPS) is 10.6. The second kappa shape index (κ2) is 7.36. The fourth-order valence-electron chi connectivity index (χ4n) is 3.00. The van der Waals surface area contributed by atoms with E-state index in [4.69, 9.17) is 0 Å². The van der Waals surface area contributed by atoms with Crippen LogP contribution in [0.4, 0.5) is 11.5 Å². The third-order valence-corrected chi connectivity index (χ3v) is 4.28. The zero-order valence-electron chi connectivity index (χ0n) is 15.2. The molecule has 0 atom stereocenters. The summed E-state index contributed by atoms with van der Waals surface area (Å²) < 4.78 is 1.85. The van der Waals surface area contributed by atoms with Crippen molar-refractivity contribution in [2.24, 2.45) is 0 Å². The molecule has 0 fully saturated rings. The van der Waals surface area contributed by atoms with Gasteiger partial charge in [0.05, 0.1) is 0 Å². The third kappa shape index (κ3) is 3.48. The molecule has 2 heterocycles. The van der Waals surface area contributed by atoms with Gasteiger partial charge in [-0.05, 0) is 36.4 Å². The maximum atomic E-state index is 12.8. The number of benzene rings is 2. The van der Waals surface area contributed by atoms with Crippen LogP contribution in [0, 0.1) is 0 Å². The number of aromatic nitrogens is 2. The Hall–Kier alpha value is -3.93. The van der Waals surface area contributed by atoms with Crippen molar-refractivity contribution in [3.05, 3.63) is 84.6 Å². The van der Waals surface area contributed by atoms with E-state index in [2.05, 4.69) is 15.6 Å². The first-order valence-electron chi connectivity index (χ1n) is 8.83. The monoisotopic (exact) mass is 370 g/mol. The average Bonchev–Trinajstić information content (AvgIpc) is 3.07. The van der Waals surface area contributed by atoms with Gasteiger partial charge in [-0.15, -0.1) is 0 Å². The van der Waals surface area contributed by atoms with E-state index in [1.165, 1.54) is 6.92 Å². The SMILES string of the molecule is CC(=O)Nc1ccc(C(=O)Nc2c(-c3ccccc3)nc3ccccn23)cc1. The van der Waals surface area contributed by atoms with E-state index in [1.54, 1.807) is 24.3 Å². The molecule has 2 amide bonds. The van der Waals surface area contributed by atoms with E-state index in [9.17, 15) is 9.59 Å². The smallest absolute Gasteiger partial charge is 0.256 e. The summed E-state index contributed by atoms with van der Waals surface area (Å²) in [6.07, 6.45) is 1.87. The Morgan fingerprint density at radius 2 is 1.57 bits per heavy atom. The Labute approximate surface area is 161 Å². The van der Waals surface area contributed by atoms with Gasteiger partial charge in [0, 0.05) is 29.9 Å². The van der Waals surface area contributed by atoms with Crippen molar-refractivity contribution < 1.29 is 9.59 Å². The van der Waals surface area contributed by atoms with Crippen molar-refractivity contribution in [3.63, 3.8) is 0 Å². The van der Waals surface area contributed by atoms with Crippen molar-refractivity contribution in [1.82, 2.24) is 9.38 Å². The predicted octanol–water partition coefficient (Wildman–Crippen LogP) is 4.21. The number of hydrogen-bond acceptors (Lipinski definition) is 3. The van der Waals surface area contributed by atoms with Crippen molar-refractivity contribution >= 4 is 29.0 Å². The zero-order chi connectivity index (χ0) is 19.5. The number of pyridine rings is 1. The second-order valence-corrected chi connectivity index (χ2v) is 6.32. The lowest BCUT2D eigenvalue weighted by Crippen LogP contribution is -2.14. The van der Waals surface area contributed by atoms with Crippen molar-refractivity contribution in [3.8, 4) is 11.3 Å². The van der Waals surface area contributed by atoms with Gasteiger partial charge in [0.15, 0.2) is 0 Å². The number of imidazole rings is 1. The Morgan fingerprint density at radius 3 is 2.29 bits per heavy atom. The average molecular weight is 370 g/mol. The van der Waals surface area contributed by atoms with E-state index in [1.807, 2.05) is 59.1 Å². The van der Waals surface area contributed by atoms with Gasteiger partial charge in [-0.1, -0.05) is 36.4 Å². The van der Waals surface area contributed by atoms with Crippen molar-refractivity contribution in [2.45, 2.75) is 6.92 Å². The number of nitrogens with zero attached hydrogens (tertiary/aromatic N) is 2. The summed E-state index contributed by atoms with van der Waals surface area (Å²) in [7, 11) is 0. The Bertz CT molecular complexity index is 1150. The van der Waals surface area contributed by atoms with E-state index < -0.39 is 0 Å². The number of anilines is 2. The van der Waals surface area contributed by atoms with Crippen LogP contribution >= 0.6 is 0 Å². The molecule has 0 aliphatic rings. The summed E-state index contributed by atoms with van der Waals surface area (Å²) in [5.74, 6) is 0.199. The van der Waals surface area contributed by atoms with E-state index in [-0.39, 0.29) is 11.8 Å². The largest absolute Gasteiger partial charge is 0.326 e. The standard InChI is InChI=1S/C22H18N4O2/c1-15(27)23-18-12-10-17(11-13-18)22(28)25-21-20(16-7-3-2-4-8-16)24-19-9-5-6-14-26(19)21/h2-14H,1H3,(H,23,27)(H,25,28). The van der Waals surface area contributed by atoms with Crippen LogP contribution in [0.15, 0.2) is 79.0 Å². The number of hydrogen-bond donors (Lipinski definition) is 2. The van der Waals surface area contributed by atoms with E-state index in [0.29, 0.717) is 22.8 Å². The molecule has 0 radical (unpaired) electrons. The van der Waals surface area contributed by atoms with Crippen LogP contribution in [-0.2, 0) is 4.79 Å². The minimum Gasteiger partial charge on any atom is -0.326 e. The molecule has 28 heavy (non-hydrogen) atoms. The van der Waals surface area contributed by atoms with Crippen LogP contribution in [0.1, 0.15) is 17.3 Å². The van der Waals surface area contributed by atoms with Crippen LogP contribution < -0.4 is 10.6 Å². The highest BCUT2D eigenvalue weighted by Gasteiger charge is 2.17. The van der Waals surface area contributed by atoms with Gasteiger partial charge in [-0.3, -0.25) is 14.0 Å². The van der Waals surface area contributed by atoms with Gasteiger partial charge < -0.3 is 10.6 Å². The Morgan fingerprint density at radius 1 is 0.857 bits per heavy atom. The number of carbonyl (C=O) groups excluding carboxylic acids is 2. The minimum absolute atomic E-state index is 0.157.